The van der Waals surface area contributed by atoms with Crippen molar-refractivity contribution in [3.05, 3.63) is 65.5 Å². The van der Waals surface area contributed by atoms with Gasteiger partial charge in [-0.2, -0.15) is 4.31 Å². The van der Waals surface area contributed by atoms with Gasteiger partial charge in [-0.15, -0.1) is 0 Å². The molecule has 150 valence electrons. The normalized spacial score (nSPS) is 12.6. The van der Waals surface area contributed by atoms with Crippen molar-refractivity contribution in [2.45, 2.75) is 24.8 Å². The number of sulfonamides is 1. The molecule has 2 N–H and O–H groups in total. The van der Waals surface area contributed by atoms with Crippen molar-refractivity contribution in [3.8, 4) is 0 Å². The topological polar surface area (TPSA) is 107 Å². The van der Waals surface area contributed by atoms with Gasteiger partial charge < -0.3 is 10.5 Å². The SMILES string of the molecule is CCN(CC)S(=O)(=O)c1cc(C(=O)O[C@@H](C(N)=O)c2ccccc2)ccc1F. The largest absolute Gasteiger partial charge is 0.444 e. The van der Waals surface area contributed by atoms with E-state index in [1.165, 1.54) is 0 Å². The Balaban J connectivity index is 2.38. The number of carbonyl (C=O) groups is 2. The van der Waals surface area contributed by atoms with E-state index in [1.807, 2.05) is 0 Å². The molecule has 0 aliphatic heterocycles. The van der Waals surface area contributed by atoms with Crippen LogP contribution < -0.4 is 5.73 Å². The van der Waals surface area contributed by atoms with E-state index in [0.29, 0.717) is 5.56 Å². The molecular formula is C19H21FN2O5S. The number of rotatable bonds is 8. The number of hydrogen-bond acceptors (Lipinski definition) is 5. The van der Waals surface area contributed by atoms with Gasteiger partial charge in [0.05, 0.1) is 5.56 Å². The van der Waals surface area contributed by atoms with Crippen molar-refractivity contribution in [1.29, 1.82) is 0 Å². The summed E-state index contributed by atoms with van der Waals surface area (Å²) >= 11 is 0. The molecule has 0 radical (unpaired) electrons. The molecule has 1 atom stereocenters. The number of carbonyl (C=O) groups excluding carboxylic acids is 2. The fraction of sp³-hybridized carbons (Fsp3) is 0.263. The van der Waals surface area contributed by atoms with Crippen molar-refractivity contribution in [2.24, 2.45) is 5.73 Å². The third kappa shape index (κ3) is 4.55. The third-order valence-corrected chi connectivity index (χ3v) is 6.14. The molecule has 0 aliphatic rings. The highest BCUT2D eigenvalue weighted by atomic mass is 32.2. The van der Waals surface area contributed by atoms with Gasteiger partial charge in [0.15, 0.2) is 0 Å². The van der Waals surface area contributed by atoms with Gasteiger partial charge in [-0.05, 0) is 18.2 Å². The van der Waals surface area contributed by atoms with E-state index >= 15 is 0 Å². The minimum Gasteiger partial charge on any atom is -0.444 e. The van der Waals surface area contributed by atoms with Crippen LogP contribution in [0.5, 0.6) is 0 Å². The Hall–Kier alpha value is -2.78. The summed E-state index contributed by atoms with van der Waals surface area (Å²) in [4.78, 5) is 23.5. The van der Waals surface area contributed by atoms with Gasteiger partial charge in [-0.1, -0.05) is 44.2 Å². The van der Waals surface area contributed by atoms with Crippen LogP contribution in [0.15, 0.2) is 53.4 Å². The Labute approximate surface area is 163 Å². The molecule has 2 aromatic rings. The second-order valence-corrected chi connectivity index (χ2v) is 7.74. The van der Waals surface area contributed by atoms with E-state index in [4.69, 9.17) is 10.5 Å². The molecule has 0 unspecified atom stereocenters. The first-order valence-electron chi connectivity index (χ1n) is 8.57. The molecule has 28 heavy (non-hydrogen) atoms. The van der Waals surface area contributed by atoms with E-state index < -0.39 is 38.7 Å². The maximum absolute atomic E-state index is 14.2. The summed E-state index contributed by atoms with van der Waals surface area (Å²) in [5, 5.41) is 0. The van der Waals surface area contributed by atoms with Crippen molar-refractivity contribution in [2.75, 3.05) is 13.1 Å². The highest BCUT2D eigenvalue weighted by Crippen LogP contribution is 2.23. The Morgan fingerprint density at radius 3 is 2.25 bits per heavy atom. The second kappa shape index (κ2) is 8.94. The first-order valence-corrected chi connectivity index (χ1v) is 10.0. The summed E-state index contributed by atoms with van der Waals surface area (Å²) in [6, 6.07) is 11.0. The zero-order valence-corrected chi connectivity index (χ0v) is 16.3. The summed E-state index contributed by atoms with van der Waals surface area (Å²) in [6.45, 7) is 3.53. The molecule has 0 bridgehead atoms. The van der Waals surface area contributed by atoms with Gasteiger partial charge in [0.2, 0.25) is 16.1 Å². The van der Waals surface area contributed by atoms with Crippen LogP contribution in [0.4, 0.5) is 4.39 Å². The standard InChI is InChI=1S/C19H21FN2O5S/c1-3-22(4-2)28(25,26)16-12-14(10-11-15(16)20)19(24)27-17(18(21)23)13-8-6-5-7-9-13/h5-12,17H,3-4H2,1-2H3,(H2,21,23)/t17-/m1/s1. The van der Waals surface area contributed by atoms with Crippen molar-refractivity contribution in [3.63, 3.8) is 0 Å². The molecule has 2 aromatic carbocycles. The number of halogens is 1. The Morgan fingerprint density at radius 2 is 1.71 bits per heavy atom. The van der Waals surface area contributed by atoms with Gasteiger partial charge in [-0.3, -0.25) is 4.79 Å². The molecule has 0 saturated carbocycles. The van der Waals surface area contributed by atoms with Gasteiger partial charge in [0, 0.05) is 18.7 Å². The summed E-state index contributed by atoms with van der Waals surface area (Å²) < 4.78 is 45.6. The Kier molecular flexibility index (Phi) is 6.87. The van der Waals surface area contributed by atoms with Crippen LogP contribution in [0, 0.1) is 5.82 Å². The predicted octanol–water partition coefficient (Wildman–Crippen LogP) is 2.24. The molecule has 0 aliphatic carbocycles. The monoisotopic (exact) mass is 408 g/mol. The molecule has 0 saturated heterocycles. The third-order valence-electron chi connectivity index (χ3n) is 4.08. The first kappa shape index (κ1) is 21.5. The van der Waals surface area contributed by atoms with E-state index in [0.717, 1.165) is 22.5 Å². The van der Waals surface area contributed by atoms with Gasteiger partial charge in [0.25, 0.3) is 5.91 Å². The van der Waals surface area contributed by atoms with Gasteiger partial charge in [0.1, 0.15) is 10.7 Å². The van der Waals surface area contributed by atoms with Crippen LogP contribution in [-0.4, -0.2) is 37.7 Å². The number of hydrogen-bond donors (Lipinski definition) is 1. The number of amides is 1. The molecule has 0 fully saturated rings. The van der Waals surface area contributed by atoms with Crippen LogP contribution >= 0.6 is 0 Å². The molecule has 9 heteroatoms. The summed E-state index contributed by atoms with van der Waals surface area (Å²) in [7, 11) is -4.13. The molecule has 0 heterocycles. The molecule has 2 rings (SSSR count). The number of nitrogens with zero attached hydrogens (tertiary/aromatic N) is 1. The zero-order chi connectivity index (χ0) is 20.9. The lowest BCUT2D eigenvalue weighted by atomic mass is 10.1. The summed E-state index contributed by atoms with van der Waals surface area (Å²) in [5.41, 5.74) is 5.46. The molecule has 0 aromatic heterocycles. The maximum atomic E-state index is 14.2. The van der Waals surface area contributed by atoms with E-state index in [1.54, 1.807) is 44.2 Å². The number of benzene rings is 2. The number of ether oxygens (including phenoxy) is 1. The summed E-state index contributed by atoms with van der Waals surface area (Å²) in [5.74, 6) is -2.88. The van der Waals surface area contributed by atoms with Crippen LogP contribution in [0.25, 0.3) is 0 Å². The van der Waals surface area contributed by atoms with Crippen molar-refractivity contribution >= 4 is 21.9 Å². The van der Waals surface area contributed by atoms with Crippen molar-refractivity contribution in [1.82, 2.24) is 4.31 Å². The quantitative estimate of drug-likeness (QED) is 0.674. The number of primary amides is 1. The fourth-order valence-corrected chi connectivity index (χ4v) is 4.17. The average molecular weight is 408 g/mol. The Morgan fingerprint density at radius 1 is 1.11 bits per heavy atom. The minimum atomic E-state index is -4.13. The van der Waals surface area contributed by atoms with Gasteiger partial charge in [-0.25, -0.2) is 17.6 Å². The molecule has 1 amide bonds. The molecule has 0 spiro atoms. The minimum absolute atomic E-state index is 0.144. The van der Waals surface area contributed by atoms with Crippen molar-refractivity contribution < 1.29 is 27.1 Å². The van der Waals surface area contributed by atoms with E-state index in [9.17, 15) is 22.4 Å². The lowest BCUT2D eigenvalue weighted by Crippen LogP contribution is -2.31. The zero-order valence-electron chi connectivity index (χ0n) is 15.5. The van der Waals surface area contributed by atoms with Crippen LogP contribution in [-0.2, 0) is 19.6 Å². The average Bonchev–Trinajstić information content (AvgIpc) is 2.67. The van der Waals surface area contributed by atoms with Gasteiger partial charge >= 0.3 is 5.97 Å². The highest BCUT2D eigenvalue weighted by Gasteiger charge is 2.28. The second-order valence-electron chi connectivity index (χ2n) is 5.83. The maximum Gasteiger partial charge on any atom is 0.339 e. The Bertz CT molecular complexity index is 960. The van der Waals surface area contributed by atoms with Crippen LogP contribution in [0.2, 0.25) is 0 Å². The van der Waals surface area contributed by atoms with Crippen LogP contribution in [0.1, 0.15) is 35.9 Å². The van der Waals surface area contributed by atoms with E-state index in [-0.39, 0.29) is 18.7 Å². The lowest BCUT2D eigenvalue weighted by molar-refractivity contribution is -0.127. The fourth-order valence-electron chi connectivity index (χ4n) is 2.62. The highest BCUT2D eigenvalue weighted by molar-refractivity contribution is 7.89. The molecule has 7 nitrogen and oxygen atoms in total. The smallest absolute Gasteiger partial charge is 0.339 e. The molecular weight excluding hydrogens is 387 g/mol. The lowest BCUT2D eigenvalue weighted by Gasteiger charge is -2.19. The number of nitrogens with two attached hydrogens (primary N) is 1. The first-order chi connectivity index (χ1) is 13.2. The van der Waals surface area contributed by atoms with E-state index in [2.05, 4.69) is 0 Å². The summed E-state index contributed by atoms with van der Waals surface area (Å²) in [6.07, 6.45) is -1.36. The predicted molar refractivity (Wildman–Crippen MR) is 100 cm³/mol. The van der Waals surface area contributed by atoms with Crippen LogP contribution in [0.3, 0.4) is 0 Å². The number of esters is 1.